The van der Waals surface area contributed by atoms with E-state index >= 15 is 0 Å². The first-order valence-corrected chi connectivity index (χ1v) is 17.0. The number of hydrogen-bond donors (Lipinski definition) is 1. The fourth-order valence-corrected chi connectivity index (χ4v) is 6.32. The number of ketones is 1. The van der Waals surface area contributed by atoms with Crippen LogP contribution in [0.15, 0.2) is 72.6 Å². The standard InChI is InChI=1S/C28H25F2N2.C13H24O2.Ir/c1-27(2,3)25-14-21(13-20-6-4-5-7-24(20)25)26-15-23(17-31-32-26)19-9-8-18-10-11-28(29,30)16-22(18)12-19;1-5-10(6-2)12(14)9-13(15)11(7-3)8-4;/h4-9,12,14-15,17H,10-11,16H2,1-3H3;9-11,14H,5-8H2,1-4H3;/q-1;;/b;12-9-;. The molecule has 0 unspecified atom stereocenters. The van der Waals surface area contributed by atoms with Crippen LogP contribution in [0, 0.1) is 17.9 Å². The van der Waals surface area contributed by atoms with Crippen LogP contribution in [0.3, 0.4) is 0 Å². The molecule has 1 aromatic heterocycles. The van der Waals surface area contributed by atoms with Gasteiger partial charge < -0.3 is 5.11 Å². The van der Waals surface area contributed by atoms with E-state index in [1.165, 1.54) is 17.0 Å². The molecular formula is C41H49F2IrN2O2-. The minimum atomic E-state index is -2.63. The monoisotopic (exact) mass is 832 g/mol. The summed E-state index contributed by atoms with van der Waals surface area (Å²) in [6.07, 6.45) is 6.74. The summed E-state index contributed by atoms with van der Waals surface area (Å²) >= 11 is 0. The Morgan fingerprint density at radius 3 is 2.25 bits per heavy atom. The van der Waals surface area contributed by atoms with E-state index in [4.69, 9.17) is 0 Å². The molecule has 0 bridgehead atoms. The van der Waals surface area contributed by atoms with Crippen molar-refractivity contribution in [1.29, 1.82) is 0 Å². The van der Waals surface area contributed by atoms with Crippen LogP contribution in [0.4, 0.5) is 8.78 Å². The predicted molar refractivity (Wildman–Crippen MR) is 189 cm³/mol. The Labute approximate surface area is 298 Å². The van der Waals surface area contributed by atoms with Crippen molar-refractivity contribution in [3.63, 3.8) is 0 Å². The zero-order valence-corrected chi connectivity index (χ0v) is 31.7. The van der Waals surface area contributed by atoms with Gasteiger partial charge in [0, 0.05) is 56.6 Å². The van der Waals surface area contributed by atoms with Gasteiger partial charge in [-0.2, -0.15) is 10.2 Å². The predicted octanol–water partition coefficient (Wildman–Crippen LogP) is 11.1. The molecule has 1 N–H and O–H groups in total. The molecule has 1 heterocycles. The fourth-order valence-electron chi connectivity index (χ4n) is 6.32. The molecule has 1 aliphatic carbocycles. The second kappa shape index (κ2) is 16.9. The number of alkyl halides is 2. The van der Waals surface area contributed by atoms with Gasteiger partial charge in [-0.1, -0.05) is 102 Å². The molecular weight excluding hydrogens is 783 g/mol. The number of aliphatic hydroxyl groups is 1. The van der Waals surface area contributed by atoms with E-state index in [0.717, 1.165) is 64.6 Å². The average molecular weight is 832 g/mol. The number of benzene rings is 3. The number of aromatic nitrogens is 2. The Balaban J connectivity index is 0.000000334. The summed E-state index contributed by atoms with van der Waals surface area (Å²) in [4.78, 5) is 11.7. The topological polar surface area (TPSA) is 63.1 Å². The largest absolute Gasteiger partial charge is 0.512 e. The molecule has 259 valence electrons. The number of allylic oxidation sites excluding steroid dienone is 2. The molecule has 3 aromatic carbocycles. The SMILES string of the molecule is CC(C)(C)c1cc(-c2cc(-c3ccc4c(c3)CC(F)(F)CC4)cnn2)[c-]c2ccccc12.CCC(CC)C(=O)/C=C(\O)C(CC)CC.[Ir]. The number of halogens is 2. The second-order valence-electron chi connectivity index (χ2n) is 13.7. The second-order valence-corrected chi connectivity index (χ2v) is 13.7. The molecule has 1 radical (unpaired) electrons. The number of nitrogens with zero attached hydrogens (tertiary/aromatic N) is 2. The molecule has 0 saturated heterocycles. The van der Waals surface area contributed by atoms with Crippen molar-refractivity contribution in [1.82, 2.24) is 10.2 Å². The minimum absolute atomic E-state index is 0. The molecule has 5 rings (SSSR count). The van der Waals surface area contributed by atoms with Gasteiger partial charge in [-0.3, -0.25) is 4.79 Å². The molecule has 48 heavy (non-hydrogen) atoms. The first-order valence-electron chi connectivity index (χ1n) is 17.0. The third-order valence-electron chi connectivity index (χ3n) is 9.34. The first-order chi connectivity index (χ1) is 22.3. The van der Waals surface area contributed by atoms with Gasteiger partial charge in [-0.05, 0) is 59.8 Å². The molecule has 0 aliphatic heterocycles. The molecule has 7 heteroatoms. The van der Waals surface area contributed by atoms with Crippen LogP contribution in [0.5, 0.6) is 0 Å². The molecule has 0 atom stereocenters. The number of hydrogen-bond acceptors (Lipinski definition) is 4. The van der Waals surface area contributed by atoms with Crippen molar-refractivity contribution >= 4 is 16.6 Å². The zero-order chi connectivity index (χ0) is 34.4. The Morgan fingerprint density at radius 1 is 0.938 bits per heavy atom. The van der Waals surface area contributed by atoms with Crippen molar-refractivity contribution in [2.24, 2.45) is 11.8 Å². The van der Waals surface area contributed by atoms with E-state index in [-0.39, 0.29) is 61.7 Å². The first kappa shape index (κ1) is 39.2. The molecule has 0 spiro atoms. The maximum Gasteiger partial charge on any atom is 0.252 e. The Morgan fingerprint density at radius 2 is 1.60 bits per heavy atom. The van der Waals surface area contributed by atoms with Crippen molar-refractivity contribution < 1.29 is 38.8 Å². The van der Waals surface area contributed by atoms with Crippen molar-refractivity contribution in [2.45, 2.75) is 105 Å². The van der Waals surface area contributed by atoms with Gasteiger partial charge >= 0.3 is 0 Å². The number of fused-ring (bicyclic) bond motifs is 2. The van der Waals surface area contributed by atoms with Gasteiger partial charge in [0.2, 0.25) is 0 Å². The summed E-state index contributed by atoms with van der Waals surface area (Å²) in [7, 11) is 0. The third kappa shape index (κ3) is 9.66. The quantitative estimate of drug-likeness (QED) is 0.104. The molecule has 0 saturated carbocycles. The van der Waals surface area contributed by atoms with E-state index in [1.807, 2.05) is 64.1 Å². The maximum atomic E-state index is 13.9. The Hall–Kier alpha value is -3.28. The van der Waals surface area contributed by atoms with Crippen LogP contribution in [-0.2, 0) is 43.2 Å². The van der Waals surface area contributed by atoms with Gasteiger partial charge in [0.15, 0.2) is 5.78 Å². The summed E-state index contributed by atoms with van der Waals surface area (Å²) in [6, 6.07) is 21.7. The van der Waals surface area contributed by atoms with Gasteiger partial charge in [-0.25, -0.2) is 8.78 Å². The fraction of sp³-hybridized carbons (Fsp3) is 0.439. The van der Waals surface area contributed by atoms with Gasteiger partial charge in [0.25, 0.3) is 5.92 Å². The van der Waals surface area contributed by atoms with Crippen molar-refractivity contribution in [3.8, 4) is 22.4 Å². The molecule has 0 amide bonds. The van der Waals surface area contributed by atoms with Gasteiger partial charge in [-0.15, -0.1) is 29.1 Å². The van der Waals surface area contributed by atoms with E-state index in [0.29, 0.717) is 6.42 Å². The van der Waals surface area contributed by atoms with Crippen LogP contribution in [-0.4, -0.2) is 27.0 Å². The Bertz CT molecular complexity index is 1720. The summed E-state index contributed by atoms with van der Waals surface area (Å²) in [5.41, 5.74) is 6.28. The van der Waals surface area contributed by atoms with Crippen molar-refractivity contribution in [2.75, 3.05) is 0 Å². The maximum absolute atomic E-state index is 13.9. The summed E-state index contributed by atoms with van der Waals surface area (Å²) in [5.74, 6) is -2.08. The van der Waals surface area contributed by atoms with Crippen LogP contribution in [0.25, 0.3) is 33.2 Å². The normalized spacial score (nSPS) is 14.3. The number of aliphatic hydroxyl groups excluding tert-OH is 1. The molecule has 1 aliphatic rings. The van der Waals surface area contributed by atoms with E-state index in [9.17, 15) is 18.7 Å². The van der Waals surface area contributed by atoms with E-state index in [2.05, 4.69) is 55.2 Å². The van der Waals surface area contributed by atoms with Crippen LogP contribution < -0.4 is 0 Å². The van der Waals surface area contributed by atoms with Crippen molar-refractivity contribution in [3.05, 3.63) is 95.4 Å². The van der Waals surface area contributed by atoms with Gasteiger partial charge in [0.05, 0.1) is 12.0 Å². The smallest absolute Gasteiger partial charge is 0.252 e. The summed E-state index contributed by atoms with van der Waals surface area (Å²) < 4.78 is 27.9. The molecule has 0 fully saturated rings. The number of carbonyl (C=O) groups excluding carboxylic acids is 1. The summed E-state index contributed by atoms with van der Waals surface area (Å²) in [5, 5.41) is 20.6. The summed E-state index contributed by atoms with van der Waals surface area (Å²) in [6.45, 7) is 14.7. The number of aryl methyl sites for hydroxylation is 1. The molecule has 4 nitrogen and oxygen atoms in total. The van der Waals surface area contributed by atoms with Gasteiger partial charge in [0.1, 0.15) is 0 Å². The van der Waals surface area contributed by atoms with Crippen LogP contribution in [0.1, 0.15) is 97.3 Å². The van der Waals surface area contributed by atoms with Crippen LogP contribution in [0.2, 0.25) is 0 Å². The molecule has 4 aromatic rings. The Kier molecular flexibility index (Phi) is 13.8. The van der Waals surface area contributed by atoms with E-state index < -0.39 is 5.92 Å². The average Bonchev–Trinajstić information content (AvgIpc) is 3.04. The number of rotatable bonds is 9. The van der Waals surface area contributed by atoms with Crippen LogP contribution >= 0.6 is 0 Å². The number of carbonyl (C=O) groups is 1. The van der Waals surface area contributed by atoms with E-state index in [1.54, 1.807) is 6.20 Å². The zero-order valence-electron chi connectivity index (χ0n) is 29.3. The third-order valence-corrected chi connectivity index (χ3v) is 9.34. The minimum Gasteiger partial charge on any atom is -0.512 e.